The molecule has 17 heavy (non-hydrogen) atoms. The number of hydrogen-bond acceptors (Lipinski definition) is 2. The lowest BCUT2D eigenvalue weighted by Gasteiger charge is -2.33. The van der Waals surface area contributed by atoms with Gasteiger partial charge in [-0.05, 0) is 31.4 Å². The number of ketones is 1. The second-order valence-corrected chi connectivity index (χ2v) is 6.25. The van der Waals surface area contributed by atoms with Crippen LogP contribution in [0.2, 0.25) is 0 Å². The average Bonchev–Trinajstić information content (AvgIpc) is 2.80. The summed E-state index contributed by atoms with van der Waals surface area (Å²) in [6, 6.07) is 0. The van der Waals surface area contributed by atoms with Gasteiger partial charge < -0.3 is 0 Å². The van der Waals surface area contributed by atoms with E-state index in [1.807, 2.05) is 0 Å². The summed E-state index contributed by atoms with van der Waals surface area (Å²) in [6.07, 6.45) is -0.539. The van der Waals surface area contributed by atoms with Crippen LogP contribution in [0.4, 0.5) is 13.2 Å². The van der Waals surface area contributed by atoms with Crippen molar-refractivity contribution in [1.29, 1.82) is 0 Å². The Kier molecular flexibility index (Phi) is 4.06. The van der Waals surface area contributed by atoms with E-state index in [1.165, 1.54) is 11.8 Å². The maximum Gasteiger partial charge on any atom is 0.392 e. The van der Waals surface area contributed by atoms with Gasteiger partial charge in [-0.1, -0.05) is 12.8 Å². The smallest absolute Gasteiger partial charge is 0.298 e. The van der Waals surface area contributed by atoms with Crippen LogP contribution >= 0.6 is 11.8 Å². The molecule has 5 heteroatoms. The van der Waals surface area contributed by atoms with E-state index < -0.39 is 18.0 Å². The van der Waals surface area contributed by atoms with Crippen molar-refractivity contribution in [1.82, 2.24) is 0 Å². The van der Waals surface area contributed by atoms with Gasteiger partial charge in [0.25, 0.3) is 0 Å². The van der Waals surface area contributed by atoms with Crippen molar-refractivity contribution >= 4 is 17.5 Å². The zero-order valence-corrected chi connectivity index (χ0v) is 10.4. The molecule has 0 N–H and O–H groups in total. The molecule has 0 radical (unpaired) electrons. The van der Waals surface area contributed by atoms with Gasteiger partial charge in [0, 0.05) is 5.92 Å². The fourth-order valence-electron chi connectivity index (χ4n) is 2.90. The maximum absolute atomic E-state index is 12.9. The fraction of sp³-hybridized carbons (Fsp3) is 0.917. The van der Waals surface area contributed by atoms with Gasteiger partial charge in [0.15, 0.2) is 0 Å². The summed E-state index contributed by atoms with van der Waals surface area (Å²) in [5.41, 5.74) is 0. The molecular formula is C12H17F3OS. The number of Topliss-reactive ketones (excluding diaryl/α,β-unsaturated/α-hetero) is 1. The van der Waals surface area contributed by atoms with Crippen LogP contribution in [-0.4, -0.2) is 23.0 Å². The standard InChI is InChI=1S/C12H17F3OS/c13-12(14,15)9-5-2-1-4-8(9)11(16)10-6-3-7-17-10/h8-10H,1-7H2. The minimum Gasteiger partial charge on any atom is -0.298 e. The molecule has 3 unspecified atom stereocenters. The highest BCUT2D eigenvalue weighted by molar-refractivity contribution is 8.00. The highest BCUT2D eigenvalue weighted by Gasteiger charge is 2.49. The van der Waals surface area contributed by atoms with E-state index in [0.29, 0.717) is 12.8 Å². The summed E-state index contributed by atoms with van der Waals surface area (Å²) >= 11 is 1.54. The molecule has 0 bridgehead atoms. The van der Waals surface area contributed by atoms with Gasteiger partial charge in [-0.15, -0.1) is 0 Å². The number of alkyl halides is 3. The van der Waals surface area contributed by atoms with E-state index in [0.717, 1.165) is 25.0 Å². The first kappa shape index (κ1) is 13.2. The lowest BCUT2D eigenvalue weighted by molar-refractivity contribution is -0.197. The lowest BCUT2D eigenvalue weighted by atomic mass is 9.75. The Balaban J connectivity index is 2.07. The number of rotatable bonds is 2. The van der Waals surface area contributed by atoms with Crippen LogP contribution in [0.25, 0.3) is 0 Å². The average molecular weight is 266 g/mol. The number of carbonyl (C=O) groups is 1. The van der Waals surface area contributed by atoms with Crippen LogP contribution in [0.15, 0.2) is 0 Å². The molecule has 1 saturated carbocycles. The molecule has 0 aromatic rings. The second kappa shape index (κ2) is 5.21. The van der Waals surface area contributed by atoms with Crippen molar-refractivity contribution in [3.63, 3.8) is 0 Å². The fourth-order valence-corrected chi connectivity index (χ4v) is 4.19. The normalized spacial score (nSPS) is 34.9. The number of thioether (sulfide) groups is 1. The van der Waals surface area contributed by atoms with E-state index in [1.54, 1.807) is 0 Å². The van der Waals surface area contributed by atoms with Crippen molar-refractivity contribution in [2.24, 2.45) is 11.8 Å². The number of hydrogen-bond donors (Lipinski definition) is 0. The Morgan fingerprint density at radius 2 is 1.76 bits per heavy atom. The highest BCUT2D eigenvalue weighted by atomic mass is 32.2. The largest absolute Gasteiger partial charge is 0.392 e. The van der Waals surface area contributed by atoms with Crippen molar-refractivity contribution < 1.29 is 18.0 Å². The van der Waals surface area contributed by atoms with Crippen LogP contribution in [-0.2, 0) is 4.79 Å². The topological polar surface area (TPSA) is 17.1 Å². The molecule has 2 rings (SSSR count). The van der Waals surface area contributed by atoms with E-state index in [9.17, 15) is 18.0 Å². The first-order valence-electron chi connectivity index (χ1n) is 6.22. The Bertz CT molecular complexity index is 284. The molecular weight excluding hydrogens is 249 g/mol. The Morgan fingerprint density at radius 3 is 2.35 bits per heavy atom. The summed E-state index contributed by atoms with van der Waals surface area (Å²) in [7, 11) is 0. The molecule has 0 aromatic heterocycles. The third kappa shape index (κ3) is 2.98. The quantitative estimate of drug-likeness (QED) is 0.755. The van der Waals surface area contributed by atoms with Crippen LogP contribution in [0, 0.1) is 11.8 Å². The molecule has 1 aliphatic heterocycles. The van der Waals surface area contributed by atoms with Gasteiger partial charge in [0.2, 0.25) is 0 Å². The maximum atomic E-state index is 12.9. The van der Waals surface area contributed by atoms with Crippen LogP contribution < -0.4 is 0 Å². The van der Waals surface area contributed by atoms with Gasteiger partial charge in [-0.3, -0.25) is 4.79 Å². The van der Waals surface area contributed by atoms with Crippen LogP contribution in [0.1, 0.15) is 38.5 Å². The minimum absolute atomic E-state index is 0.130. The Labute approximate surface area is 104 Å². The SMILES string of the molecule is O=C(C1CCCS1)C1CCCCC1C(F)(F)F. The van der Waals surface area contributed by atoms with Crippen molar-refractivity contribution in [2.75, 3.05) is 5.75 Å². The first-order valence-corrected chi connectivity index (χ1v) is 7.27. The van der Waals surface area contributed by atoms with E-state index in [-0.39, 0.29) is 17.5 Å². The molecule has 1 nitrogen and oxygen atoms in total. The number of halogens is 3. The second-order valence-electron chi connectivity index (χ2n) is 4.94. The molecule has 0 spiro atoms. The summed E-state index contributed by atoms with van der Waals surface area (Å²) in [5, 5.41) is -0.164. The monoisotopic (exact) mass is 266 g/mol. The molecule has 0 aromatic carbocycles. The molecule has 1 aliphatic carbocycles. The number of carbonyl (C=O) groups excluding carboxylic acids is 1. The summed E-state index contributed by atoms with van der Waals surface area (Å²) in [5.74, 6) is -1.36. The van der Waals surface area contributed by atoms with Crippen LogP contribution in [0.5, 0.6) is 0 Å². The predicted molar refractivity (Wildman–Crippen MR) is 62.0 cm³/mol. The van der Waals surface area contributed by atoms with Crippen molar-refractivity contribution in [3.05, 3.63) is 0 Å². The predicted octanol–water partition coefficient (Wildman–Crippen LogP) is 3.82. The van der Waals surface area contributed by atoms with Crippen molar-refractivity contribution in [2.45, 2.75) is 50.0 Å². The molecule has 98 valence electrons. The van der Waals surface area contributed by atoms with Crippen LogP contribution in [0.3, 0.4) is 0 Å². The molecule has 3 atom stereocenters. The van der Waals surface area contributed by atoms with Gasteiger partial charge >= 0.3 is 6.18 Å². The van der Waals surface area contributed by atoms with Gasteiger partial charge in [-0.25, -0.2) is 0 Å². The van der Waals surface area contributed by atoms with Crippen molar-refractivity contribution in [3.8, 4) is 0 Å². The third-order valence-corrected chi connectivity index (χ3v) is 5.19. The molecule has 1 heterocycles. The lowest BCUT2D eigenvalue weighted by Crippen LogP contribution is -2.40. The third-order valence-electron chi connectivity index (χ3n) is 3.80. The summed E-state index contributed by atoms with van der Waals surface area (Å²) < 4.78 is 38.6. The zero-order chi connectivity index (χ0) is 12.5. The zero-order valence-electron chi connectivity index (χ0n) is 9.63. The molecule has 0 amide bonds. The minimum atomic E-state index is -4.20. The Morgan fingerprint density at radius 1 is 1.06 bits per heavy atom. The summed E-state index contributed by atoms with van der Waals surface area (Å²) in [6.45, 7) is 0. The molecule has 1 saturated heterocycles. The molecule has 2 fully saturated rings. The highest BCUT2D eigenvalue weighted by Crippen LogP contribution is 2.44. The first-order chi connectivity index (χ1) is 8.00. The van der Waals surface area contributed by atoms with E-state index in [4.69, 9.17) is 0 Å². The Hall–Kier alpha value is -0.190. The summed E-state index contributed by atoms with van der Waals surface area (Å²) in [4.78, 5) is 12.1. The van der Waals surface area contributed by atoms with E-state index in [2.05, 4.69) is 0 Å². The van der Waals surface area contributed by atoms with E-state index >= 15 is 0 Å². The molecule has 2 aliphatic rings. The van der Waals surface area contributed by atoms with Gasteiger partial charge in [0.1, 0.15) is 5.78 Å². The van der Waals surface area contributed by atoms with Gasteiger partial charge in [0.05, 0.1) is 11.2 Å². The van der Waals surface area contributed by atoms with Gasteiger partial charge in [-0.2, -0.15) is 24.9 Å².